The molecule has 4 rings (SSSR count). The number of nitrogens with zero attached hydrogens (tertiary/aromatic N) is 2. The summed E-state index contributed by atoms with van der Waals surface area (Å²) in [5.41, 5.74) is 4.64. The Hall–Kier alpha value is -1.72. The maximum absolute atomic E-state index is 13.3. The van der Waals surface area contributed by atoms with Crippen molar-refractivity contribution in [3.63, 3.8) is 0 Å². The van der Waals surface area contributed by atoms with Crippen LogP contribution in [0.1, 0.15) is 23.6 Å². The topological polar surface area (TPSA) is 37.8 Å². The van der Waals surface area contributed by atoms with Crippen LogP contribution in [-0.2, 0) is 6.42 Å². The van der Waals surface area contributed by atoms with Gasteiger partial charge in [0.25, 0.3) is 0 Å². The van der Waals surface area contributed by atoms with Crippen LogP contribution in [0.5, 0.6) is 0 Å². The number of rotatable bonds is 2. The molecule has 1 aliphatic carbocycles. The highest BCUT2D eigenvalue weighted by Crippen LogP contribution is 2.38. The Bertz CT molecular complexity index is 833. The quantitative estimate of drug-likeness (QED) is 0.751. The molecule has 106 valence electrons. The Morgan fingerprint density at radius 2 is 2.14 bits per heavy atom. The first-order chi connectivity index (χ1) is 10.2. The number of benzene rings is 2. The van der Waals surface area contributed by atoms with Crippen molar-refractivity contribution in [2.75, 3.05) is 5.32 Å². The van der Waals surface area contributed by atoms with Crippen molar-refractivity contribution < 1.29 is 4.39 Å². The first-order valence-corrected chi connectivity index (χ1v) is 7.79. The number of fused-ring (bicyclic) bond motifs is 2. The van der Waals surface area contributed by atoms with Gasteiger partial charge in [0.2, 0.25) is 0 Å². The van der Waals surface area contributed by atoms with Crippen LogP contribution in [0.15, 0.2) is 30.3 Å². The summed E-state index contributed by atoms with van der Waals surface area (Å²) in [5.74, 6) is -0.182. The predicted octanol–water partition coefficient (Wildman–Crippen LogP) is 4.58. The smallest absolute Gasteiger partial charge is 0.129 e. The van der Waals surface area contributed by atoms with E-state index in [2.05, 4.69) is 14.1 Å². The van der Waals surface area contributed by atoms with Crippen LogP contribution in [0.3, 0.4) is 0 Å². The second-order valence-corrected chi connectivity index (χ2v) is 6.07. The molecule has 0 fully saturated rings. The number of hydrogen-bond donors (Lipinski definition) is 1. The molecule has 0 aliphatic heterocycles. The van der Waals surface area contributed by atoms with Crippen LogP contribution >= 0.6 is 23.3 Å². The van der Waals surface area contributed by atoms with Crippen LogP contribution in [0.25, 0.3) is 11.0 Å². The molecule has 1 aliphatic rings. The van der Waals surface area contributed by atoms with Gasteiger partial charge < -0.3 is 5.32 Å². The van der Waals surface area contributed by atoms with Crippen LogP contribution < -0.4 is 5.32 Å². The summed E-state index contributed by atoms with van der Waals surface area (Å²) in [6, 6.07) is 8.79. The number of nitrogens with one attached hydrogen (secondary N) is 1. The lowest BCUT2D eigenvalue weighted by Gasteiger charge is -2.17. The third kappa shape index (κ3) is 2.17. The molecular weight excluding hydrogens is 309 g/mol. The summed E-state index contributed by atoms with van der Waals surface area (Å²) in [4.78, 5) is 0. The van der Waals surface area contributed by atoms with Gasteiger partial charge in [0.15, 0.2) is 0 Å². The standard InChI is InChI=1S/C15H11ClFN3S/c16-11-4-6-13-15(20-21-19-13)14(11)18-12-5-1-8-7-9(17)2-3-10(8)12/h2-4,6-7,12,18H,1,5H2. The first-order valence-electron chi connectivity index (χ1n) is 6.68. The van der Waals surface area contributed by atoms with Crippen molar-refractivity contribution in [3.05, 3.63) is 52.3 Å². The maximum Gasteiger partial charge on any atom is 0.129 e. The SMILES string of the molecule is Fc1ccc2c(c1)CCC2Nc1c(Cl)ccc2nsnc12. The summed E-state index contributed by atoms with van der Waals surface area (Å²) in [6.45, 7) is 0. The van der Waals surface area contributed by atoms with Crippen molar-refractivity contribution in [1.82, 2.24) is 8.75 Å². The van der Waals surface area contributed by atoms with E-state index >= 15 is 0 Å². The van der Waals surface area contributed by atoms with Crippen LogP contribution in [0.4, 0.5) is 10.1 Å². The summed E-state index contributed by atoms with van der Waals surface area (Å²) >= 11 is 7.48. The number of aryl methyl sites for hydroxylation is 1. The van der Waals surface area contributed by atoms with Gasteiger partial charge >= 0.3 is 0 Å². The molecule has 0 bridgehead atoms. The van der Waals surface area contributed by atoms with E-state index in [0.29, 0.717) is 5.02 Å². The summed E-state index contributed by atoms with van der Waals surface area (Å²) in [5, 5.41) is 4.09. The fraction of sp³-hybridized carbons (Fsp3) is 0.200. The van der Waals surface area contributed by atoms with E-state index in [9.17, 15) is 4.39 Å². The molecule has 1 N–H and O–H groups in total. The Balaban J connectivity index is 1.74. The molecule has 3 aromatic rings. The van der Waals surface area contributed by atoms with Crippen molar-refractivity contribution in [2.45, 2.75) is 18.9 Å². The van der Waals surface area contributed by atoms with E-state index < -0.39 is 0 Å². The average molecular weight is 320 g/mol. The summed E-state index contributed by atoms with van der Waals surface area (Å²) in [7, 11) is 0. The lowest BCUT2D eigenvalue weighted by atomic mass is 10.1. The van der Waals surface area contributed by atoms with Gasteiger partial charge in [-0.15, -0.1) is 0 Å². The number of aromatic nitrogens is 2. The van der Waals surface area contributed by atoms with Crippen molar-refractivity contribution in [3.8, 4) is 0 Å². The zero-order valence-corrected chi connectivity index (χ0v) is 12.5. The second-order valence-electron chi connectivity index (χ2n) is 5.13. The van der Waals surface area contributed by atoms with Gasteiger partial charge in [-0.25, -0.2) is 4.39 Å². The molecule has 21 heavy (non-hydrogen) atoms. The first kappa shape index (κ1) is 13.0. The lowest BCUT2D eigenvalue weighted by Crippen LogP contribution is -2.08. The van der Waals surface area contributed by atoms with Crippen LogP contribution in [0.2, 0.25) is 5.02 Å². The molecule has 6 heteroatoms. The van der Waals surface area contributed by atoms with Gasteiger partial charge in [0.1, 0.15) is 16.9 Å². The van der Waals surface area contributed by atoms with E-state index in [4.69, 9.17) is 11.6 Å². The number of halogens is 2. The highest BCUT2D eigenvalue weighted by Gasteiger charge is 2.24. The van der Waals surface area contributed by atoms with Gasteiger partial charge in [-0.3, -0.25) is 0 Å². The average Bonchev–Trinajstić information content (AvgIpc) is 3.08. The second kappa shape index (κ2) is 4.93. The minimum atomic E-state index is -0.182. The molecule has 1 unspecified atom stereocenters. The Labute approximate surface area is 130 Å². The largest absolute Gasteiger partial charge is 0.375 e. The molecule has 0 amide bonds. The monoisotopic (exact) mass is 319 g/mol. The Morgan fingerprint density at radius 1 is 1.24 bits per heavy atom. The van der Waals surface area contributed by atoms with E-state index in [0.717, 1.165) is 40.7 Å². The van der Waals surface area contributed by atoms with Gasteiger partial charge in [0.05, 0.1) is 28.5 Å². The predicted molar refractivity (Wildman–Crippen MR) is 83.5 cm³/mol. The normalized spacial score (nSPS) is 17.1. The summed E-state index contributed by atoms with van der Waals surface area (Å²) in [6.07, 6.45) is 1.79. The molecule has 0 spiro atoms. The molecule has 0 saturated heterocycles. The molecular formula is C15H11ClFN3S. The van der Waals surface area contributed by atoms with Gasteiger partial charge in [-0.1, -0.05) is 17.7 Å². The minimum Gasteiger partial charge on any atom is -0.375 e. The summed E-state index contributed by atoms with van der Waals surface area (Å²) < 4.78 is 21.8. The highest BCUT2D eigenvalue weighted by molar-refractivity contribution is 7.00. The molecule has 0 saturated carbocycles. The molecule has 0 radical (unpaired) electrons. The van der Waals surface area contributed by atoms with E-state index in [1.807, 2.05) is 18.2 Å². The zero-order valence-electron chi connectivity index (χ0n) is 10.9. The number of anilines is 1. The van der Waals surface area contributed by atoms with Gasteiger partial charge in [0, 0.05) is 0 Å². The van der Waals surface area contributed by atoms with Crippen LogP contribution in [-0.4, -0.2) is 8.75 Å². The van der Waals surface area contributed by atoms with E-state index in [-0.39, 0.29) is 11.9 Å². The number of hydrogen-bond acceptors (Lipinski definition) is 4. The minimum absolute atomic E-state index is 0.130. The fourth-order valence-electron chi connectivity index (χ4n) is 2.87. The Kier molecular flexibility index (Phi) is 3.05. The maximum atomic E-state index is 13.3. The lowest BCUT2D eigenvalue weighted by molar-refractivity contribution is 0.626. The van der Waals surface area contributed by atoms with Gasteiger partial charge in [-0.05, 0) is 48.2 Å². The van der Waals surface area contributed by atoms with Crippen molar-refractivity contribution in [1.29, 1.82) is 0 Å². The third-order valence-electron chi connectivity index (χ3n) is 3.88. The molecule has 2 aromatic carbocycles. The zero-order chi connectivity index (χ0) is 14.4. The van der Waals surface area contributed by atoms with Crippen molar-refractivity contribution in [2.24, 2.45) is 0 Å². The molecule has 3 nitrogen and oxygen atoms in total. The van der Waals surface area contributed by atoms with Crippen molar-refractivity contribution >= 4 is 40.0 Å². The molecule has 1 heterocycles. The molecule has 1 aromatic heterocycles. The Morgan fingerprint density at radius 3 is 3.05 bits per heavy atom. The van der Waals surface area contributed by atoms with Gasteiger partial charge in [-0.2, -0.15) is 8.75 Å². The highest BCUT2D eigenvalue weighted by atomic mass is 35.5. The molecule has 1 atom stereocenters. The van der Waals surface area contributed by atoms with E-state index in [1.54, 1.807) is 6.07 Å². The van der Waals surface area contributed by atoms with Crippen LogP contribution in [0, 0.1) is 5.82 Å². The fourth-order valence-corrected chi connectivity index (χ4v) is 3.62. The van der Waals surface area contributed by atoms with E-state index in [1.165, 1.54) is 17.8 Å². The third-order valence-corrected chi connectivity index (χ3v) is 4.74.